The molecule has 19 heavy (non-hydrogen) atoms. The molecule has 0 aliphatic carbocycles. The highest BCUT2D eigenvalue weighted by Crippen LogP contribution is 2.23. The van der Waals surface area contributed by atoms with Crippen LogP contribution in [0.15, 0.2) is 30.3 Å². The van der Waals surface area contributed by atoms with Crippen LogP contribution >= 0.6 is 0 Å². The van der Waals surface area contributed by atoms with Gasteiger partial charge >= 0.3 is 0 Å². The average Bonchev–Trinajstić information content (AvgIpc) is 2.90. The molecule has 1 aliphatic heterocycles. The summed E-state index contributed by atoms with van der Waals surface area (Å²) in [5.41, 5.74) is 6.93. The van der Waals surface area contributed by atoms with Crippen molar-refractivity contribution < 1.29 is 13.2 Å². The smallest absolute Gasteiger partial charge is 0.157 e. The first-order valence-corrected chi connectivity index (χ1v) is 8.36. The SMILES string of the molecule is CC(C(N)c1ccccc1)S(=O)(=O)CC1CCCO1. The lowest BCUT2D eigenvalue weighted by Gasteiger charge is -2.22. The van der Waals surface area contributed by atoms with E-state index in [1.165, 1.54) is 0 Å². The molecule has 3 unspecified atom stereocenters. The Balaban J connectivity index is 2.07. The van der Waals surface area contributed by atoms with Crippen LogP contribution in [-0.4, -0.2) is 32.1 Å². The molecule has 1 aromatic carbocycles. The maximum Gasteiger partial charge on any atom is 0.157 e. The van der Waals surface area contributed by atoms with Gasteiger partial charge in [-0.2, -0.15) is 0 Å². The lowest BCUT2D eigenvalue weighted by molar-refractivity contribution is 0.127. The summed E-state index contributed by atoms with van der Waals surface area (Å²) in [5, 5.41) is -0.598. The fourth-order valence-electron chi connectivity index (χ4n) is 2.36. The van der Waals surface area contributed by atoms with Crippen LogP contribution in [0.4, 0.5) is 0 Å². The van der Waals surface area contributed by atoms with Gasteiger partial charge in [0.05, 0.1) is 17.1 Å². The Morgan fingerprint density at radius 2 is 2.05 bits per heavy atom. The molecule has 4 nitrogen and oxygen atoms in total. The van der Waals surface area contributed by atoms with Crippen LogP contribution in [0.3, 0.4) is 0 Å². The Hall–Kier alpha value is -0.910. The standard InChI is InChI=1S/C14H21NO3S/c1-11(14(15)12-6-3-2-4-7-12)19(16,17)10-13-8-5-9-18-13/h2-4,6-7,11,13-14H,5,8-10,15H2,1H3. The van der Waals surface area contributed by atoms with E-state index in [9.17, 15) is 8.42 Å². The third-order valence-electron chi connectivity index (χ3n) is 3.70. The first kappa shape index (κ1) is 14.5. The van der Waals surface area contributed by atoms with Crippen molar-refractivity contribution in [3.05, 3.63) is 35.9 Å². The second-order valence-corrected chi connectivity index (χ2v) is 7.51. The Morgan fingerprint density at radius 3 is 2.63 bits per heavy atom. The molecule has 2 rings (SSSR count). The summed E-state index contributed by atoms with van der Waals surface area (Å²) < 4.78 is 30.1. The molecule has 5 heteroatoms. The minimum atomic E-state index is -3.24. The summed E-state index contributed by atoms with van der Waals surface area (Å²) in [6.07, 6.45) is 1.61. The molecule has 1 heterocycles. The molecule has 0 saturated carbocycles. The highest BCUT2D eigenvalue weighted by Gasteiger charge is 2.31. The van der Waals surface area contributed by atoms with E-state index in [-0.39, 0.29) is 11.9 Å². The molecule has 1 aliphatic rings. The number of hydrogen-bond donors (Lipinski definition) is 1. The Bertz CT molecular complexity index is 495. The van der Waals surface area contributed by atoms with Crippen LogP contribution in [-0.2, 0) is 14.6 Å². The quantitative estimate of drug-likeness (QED) is 0.892. The van der Waals surface area contributed by atoms with Crippen LogP contribution in [0.5, 0.6) is 0 Å². The summed E-state index contributed by atoms with van der Waals surface area (Å²) in [6.45, 7) is 2.35. The summed E-state index contributed by atoms with van der Waals surface area (Å²) >= 11 is 0. The zero-order valence-electron chi connectivity index (χ0n) is 11.2. The Morgan fingerprint density at radius 1 is 1.37 bits per heavy atom. The van der Waals surface area contributed by atoms with Gasteiger partial charge in [0.2, 0.25) is 0 Å². The number of ether oxygens (including phenoxy) is 1. The lowest BCUT2D eigenvalue weighted by atomic mass is 10.1. The van der Waals surface area contributed by atoms with E-state index in [1.807, 2.05) is 30.3 Å². The van der Waals surface area contributed by atoms with Gasteiger partial charge in [-0.1, -0.05) is 30.3 Å². The summed E-state index contributed by atoms with van der Waals surface area (Å²) in [7, 11) is -3.24. The van der Waals surface area contributed by atoms with Gasteiger partial charge in [-0.3, -0.25) is 0 Å². The lowest BCUT2D eigenvalue weighted by Crippen LogP contribution is -2.35. The van der Waals surface area contributed by atoms with Crippen molar-refractivity contribution in [3.63, 3.8) is 0 Å². The minimum absolute atomic E-state index is 0.0781. The van der Waals surface area contributed by atoms with Gasteiger partial charge in [-0.25, -0.2) is 8.42 Å². The molecule has 2 N–H and O–H groups in total. The van der Waals surface area contributed by atoms with Crippen molar-refractivity contribution in [1.29, 1.82) is 0 Å². The van der Waals surface area contributed by atoms with E-state index in [0.29, 0.717) is 6.61 Å². The molecule has 0 bridgehead atoms. The molecule has 1 fully saturated rings. The molecule has 106 valence electrons. The maximum absolute atomic E-state index is 12.3. The first-order chi connectivity index (χ1) is 9.00. The van der Waals surface area contributed by atoms with E-state index in [4.69, 9.17) is 10.5 Å². The largest absolute Gasteiger partial charge is 0.377 e. The predicted octanol–water partition coefficient (Wildman–Crippen LogP) is 1.67. The molecule has 1 aromatic rings. The first-order valence-electron chi connectivity index (χ1n) is 6.64. The monoisotopic (exact) mass is 283 g/mol. The highest BCUT2D eigenvalue weighted by atomic mass is 32.2. The Labute approximate surface area is 114 Å². The average molecular weight is 283 g/mol. The second kappa shape index (κ2) is 6.03. The summed E-state index contributed by atoms with van der Waals surface area (Å²) in [4.78, 5) is 0. The summed E-state index contributed by atoms with van der Waals surface area (Å²) in [5.74, 6) is 0.0781. The number of nitrogens with two attached hydrogens (primary N) is 1. The van der Waals surface area contributed by atoms with Crippen LogP contribution < -0.4 is 5.73 Å². The molecule has 0 spiro atoms. The molecular weight excluding hydrogens is 262 g/mol. The van der Waals surface area contributed by atoms with Crippen molar-refractivity contribution in [2.45, 2.75) is 37.2 Å². The summed E-state index contributed by atoms with van der Waals surface area (Å²) in [6, 6.07) is 8.86. The van der Waals surface area contributed by atoms with Crippen LogP contribution in [0, 0.1) is 0 Å². The van der Waals surface area contributed by atoms with E-state index in [0.717, 1.165) is 18.4 Å². The van der Waals surface area contributed by atoms with Gasteiger partial charge in [-0.15, -0.1) is 0 Å². The molecule has 1 saturated heterocycles. The number of rotatable bonds is 5. The number of benzene rings is 1. The zero-order chi connectivity index (χ0) is 13.9. The molecule has 0 radical (unpaired) electrons. The van der Waals surface area contributed by atoms with E-state index in [1.54, 1.807) is 6.92 Å². The van der Waals surface area contributed by atoms with Gasteiger partial charge in [0.25, 0.3) is 0 Å². The van der Waals surface area contributed by atoms with Gasteiger partial charge in [0, 0.05) is 12.6 Å². The van der Waals surface area contributed by atoms with Crippen LogP contribution in [0.1, 0.15) is 31.4 Å². The predicted molar refractivity (Wildman–Crippen MR) is 75.6 cm³/mol. The van der Waals surface area contributed by atoms with Crippen molar-refractivity contribution in [2.24, 2.45) is 5.73 Å². The van der Waals surface area contributed by atoms with Crippen LogP contribution in [0.2, 0.25) is 0 Å². The van der Waals surface area contributed by atoms with Crippen molar-refractivity contribution in [2.75, 3.05) is 12.4 Å². The van der Waals surface area contributed by atoms with Gasteiger partial charge < -0.3 is 10.5 Å². The zero-order valence-corrected chi connectivity index (χ0v) is 12.0. The number of sulfone groups is 1. The fraction of sp³-hybridized carbons (Fsp3) is 0.571. The third-order valence-corrected chi connectivity index (χ3v) is 5.96. The van der Waals surface area contributed by atoms with Crippen LogP contribution in [0.25, 0.3) is 0 Å². The van der Waals surface area contributed by atoms with E-state index < -0.39 is 21.1 Å². The van der Waals surface area contributed by atoms with Crippen molar-refractivity contribution in [1.82, 2.24) is 0 Å². The van der Waals surface area contributed by atoms with Crippen molar-refractivity contribution in [3.8, 4) is 0 Å². The fourth-order valence-corrected chi connectivity index (χ4v) is 4.04. The second-order valence-electron chi connectivity index (χ2n) is 5.11. The van der Waals surface area contributed by atoms with Crippen molar-refractivity contribution >= 4 is 9.84 Å². The molecule has 0 amide bonds. The van der Waals surface area contributed by atoms with E-state index in [2.05, 4.69) is 0 Å². The van der Waals surface area contributed by atoms with Gasteiger partial charge in [-0.05, 0) is 25.3 Å². The molecule has 0 aromatic heterocycles. The minimum Gasteiger partial charge on any atom is -0.377 e. The van der Waals surface area contributed by atoms with Gasteiger partial charge in [0.15, 0.2) is 9.84 Å². The third kappa shape index (κ3) is 3.55. The number of hydrogen-bond acceptors (Lipinski definition) is 4. The highest BCUT2D eigenvalue weighted by molar-refractivity contribution is 7.92. The van der Waals surface area contributed by atoms with E-state index >= 15 is 0 Å². The normalized spacial score (nSPS) is 23.2. The van der Waals surface area contributed by atoms with Gasteiger partial charge in [0.1, 0.15) is 0 Å². The topological polar surface area (TPSA) is 69.4 Å². The Kier molecular flexibility index (Phi) is 4.60. The maximum atomic E-state index is 12.3. The molecule has 3 atom stereocenters. The molecular formula is C14H21NO3S.